The minimum absolute atomic E-state index is 0.0454. The van der Waals surface area contributed by atoms with Gasteiger partial charge in [0.2, 0.25) is 0 Å². The second kappa shape index (κ2) is 12.9. The van der Waals surface area contributed by atoms with Gasteiger partial charge in [-0.05, 0) is 60.2 Å². The molecule has 0 saturated heterocycles. The van der Waals surface area contributed by atoms with E-state index < -0.39 is 22.5 Å². The largest absolute Gasteiger partial charge is 0.495 e. The van der Waals surface area contributed by atoms with Gasteiger partial charge in [-0.1, -0.05) is 60.1 Å². The highest BCUT2D eigenvalue weighted by Crippen LogP contribution is 2.32. The van der Waals surface area contributed by atoms with E-state index in [1.54, 1.807) is 72.8 Å². The Labute approximate surface area is 232 Å². The van der Waals surface area contributed by atoms with Crippen LogP contribution in [0, 0.1) is 0 Å². The Bertz CT molecular complexity index is 1540. The van der Waals surface area contributed by atoms with Crippen molar-refractivity contribution in [3.05, 3.63) is 119 Å². The lowest BCUT2D eigenvalue weighted by Crippen LogP contribution is -2.39. The topological polar surface area (TPSA) is 97.3 Å². The number of para-hydroxylation sites is 2. The normalized spacial score (nSPS) is 11.2. The van der Waals surface area contributed by atoms with Gasteiger partial charge in [0.1, 0.15) is 24.7 Å². The van der Waals surface area contributed by atoms with Crippen molar-refractivity contribution < 1.29 is 22.7 Å². The van der Waals surface area contributed by atoms with Crippen molar-refractivity contribution in [2.75, 3.05) is 18.0 Å². The van der Waals surface area contributed by atoms with Crippen LogP contribution in [0.5, 0.6) is 11.5 Å². The van der Waals surface area contributed by atoms with Crippen LogP contribution in [-0.2, 0) is 21.4 Å². The minimum atomic E-state index is -4.07. The van der Waals surface area contributed by atoms with Crippen LogP contribution in [0.25, 0.3) is 0 Å². The number of carbonyl (C=O) groups excluding carboxylic acids is 1. The fraction of sp³-hybridized carbons (Fsp3) is 0.103. The summed E-state index contributed by atoms with van der Waals surface area (Å²) < 4.78 is 39.0. The summed E-state index contributed by atoms with van der Waals surface area (Å²) in [6.45, 7) is -0.179. The zero-order valence-electron chi connectivity index (χ0n) is 21.0. The zero-order valence-corrected chi connectivity index (χ0v) is 22.6. The van der Waals surface area contributed by atoms with Gasteiger partial charge in [0.25, 0.3) is 15.9 Å². The first-order valence-corrected chi connectivity index (χ1v) is 13.7. The molecule has 0 unspecified atom stereocenters. The Balaban J connectivity index is 1.42. The Morgan fingerprint density at radius 2 is 1.59 bits per heavy atom. The summed E-state index contributed by atoms with van der Waals surface area (Å²) in [6.07, 6.45) is 1.45. The van der Waals surface area contributed by atoms with Gasteiger partial charge in [-0.2, -0.15) is 5.10 Å². The highest BCUT2D eigenvalue weighted by molar-refractivity contribution is 7.92. The van der Waals surface area contributed by atoms with E-state index in [2.05, 4.69) is 10.5 Å². The van der Waals surface area contributed by atoms with Gasteiger partial charge in [0.15, 0.2) is 0 Å². The molecule has 0 aromatic heterocycles. The molecule has 0 aliphatic heterocycles. The van der Waals surface area contributed by atoms with Crippen LogP contribution in [0.15, 0.2) is 113 Å². The molecule has 39 heavy (non-hydrogen) atoms. The maximum absolute atomic E-state index is 13.5. The van der Waals surface area contributed by atoms with Gasteiger partial charge in [-0.3, -0.25) is 9.10 Å². The van der Waals surface area contributed by atoms with E-state index in [9.17, 15) is 13.2 Å². The fourth-order valence-electron chi connectivity index (χ4n) is 3.63. The molecule has 0 saturated carbocycles. The van der Waals surface area contributed by atoms with Crippen LogP contribution in [0.2, 0.25) is 5.02 Å². The summed E-state index contributed by atoms with van der Waals surface area (Å²) in [4.78, 5) is 12.8. The molecule has 0 radical (unpaired) electrons. The quantitative estimate of drug-likeness (QED) is 0.198. The molecule has 0 bridgehead atoms. The molecular weight excluding hydrogens is 538 g/mol. The van der Waals surface area contributed by atoms with Crippen molar-refractivity contribution in [2.24, 2.45) is 5.10 Å². The number of carbonyl (C=O) groups is 1. The predicted molar refractivity (Wildman–Crippen MR) is 152 cm³/mol. The molecule has 1 N–H and O–H groups in total. The summed E-state index contributed by atoms with van der Waals surface area (Å²) in [5, 5.41) is 4.62. The molecule has 0 fully saturated rings. The van der Waals surface area contributed by atoms with E-state index in [1.165, 1.54) is 25.5 Å². The number of hydrazone groups is 1. The molecule has 1 amide bonds. The lowest BCUT2D eigenvalue weighted by molar-refractivity contribution is -0.119. The molecule has 0 heterocycles. The second-order valence-electron chi connectivity index (χ2n) is 8.24. The van der Waals surface area contributed by atoms with Gasteiger partial charge in [0.05, 0.1) is 23.9 Å². The predicted octanol–water partition coefficient (Wildman–Crippen LogP) is 5.27. The Hall–Kier alpha value is -4.34. The lowest BCUT2D eigenvalue weighted by Gasteiger charge is -2.25. The lowest BCUT2D eigenvalue weighted by atomic mass is 10.2. The molecular formula is C29H26ClN3O5S. The van der Waals surface area contributed by atoms with E-state index in [0.29, 0.717) is 28.7 Å². The van der Waals surface area contributed by atoms with Crippen LogP contribution >= 0.6 is 11.6 Å². The molecule has 4 aromatic carbocycles. The first-order chi connectivity index (χ1) is 18.9. The van der Waals surface area contributed by atoms with Gasteiger partial charge < -0.3 is 9.47 Å². The Morgan fingerprint density at radius 3 is 2.31 bits per heavy atom. The standard InChI is InChI=1S/C29H26ClN3O5S/c1-37-28-14-8-7-13-27(28)33(39(35,36)25-10-3-2-4-11-25)20-29(34)32-31-19-22-15-17-24(18-16-22)38-21-23-9-5-6-12-26(23)30/h2-19H,20-21H2,1H3,(H,32,34)/b31-19+. The summed E-state index contributed by atoms with van der Waals surface area (Å²) in [5.74, 6) is 0.330. The third kappa shape index (κ3) is 7.16. The third-order valence-electron chi connectivity index (χ3n) is 5.61. The van der Waals surface area contributed by atoms with Gasteiger partial charge >= 0.3 is 0 Å². The first-order valence-electron chi connectivity index (χ1n) is 11.9. The maximum atomic E-state index is 13.5. The first kappa shape index (κ1) is 27.7. The number of sulfonamides is 1. The monoisotopic (exact) mass is 563 g/mol. The number of hydrogen-bond acceptors (Lipinski definition) is 6. The van der Waals surface area contributed by atoms with E-state index >= 15 is 0 Å². The molecule has 0 aliphatic rings. The number of rotatable bonds is 11. The van der Waals surface area contributed by atoms with Crippen molar-refractivity contribution in [3.63, 3.8) is 0 Å². The summed E-state index contributed by atoms with van der Waals surface area (Å²) in [7, 11) is -2.64. The minimum Gasteiger partial charge on any atom is -0.495 e. The molecule has 0 spiro atoms. The number of hydrogen-bond donors (Lipinski definition) is 1. The van der Waals surface area contributed by atoms with E-state index in [1.807, 2.05) is 18.2 Å². The molecule has 4 aromatic rings. The molecule has 4 rings (SSSR count). The van der Waals surface area contributed by atoms with Gasteiger partial charge in [-0.25, -0.2) is 13.8 Å². The fourth-order valence-corrected chi connectivity index (χ4v) is 5.27. The molecule has 10 heteroatoms. The van der Waals surface area contributed by atoms with Gasteiger partial charge in [-0.15, -0.1) is 0 Å². The number of amides is 1. The Morgan fingerprint density at radius 1 is 0.923 bits per heavy atom. The van der Waals surface area contributed by atoms with E-state index in [4.69, 9.17) is 21.1 Å². The summed E-state index contributed by atoms with van der Waals surface area (Å²) in [5.41, 5.74) is 4.22. The molecule has 0 atom stereocenters. The smallest absolute Gasteiger partial charge is 0.264 e. The van der Waals surface area contributed by atoms with Crippen molar-refractivity contribution in [3.8, 4) is 11.5 Å². The van der Waals surface area contributed by atoms with Crippen molar-refractivity contribution >= 4 is 39.4 Å². The van der Waals surface area contributed by atoms with Crippen molar-refractivity contribution in [1.29, 1.82) is 0 Å². The SMILES string of the molecule is COc1ccccc1N(CC(=O)N/N=C/c1ccc(OCc2ccccc2Cl)cc1)S(=O)(=O)c1ccccc1. The van der Waals surface area contributed by atoms with Gasteiger partial charge in [0, 0.05) is 10.6 Å². The molecule has 8 nitrogen and oxygen atoms in total. The van der Waals surface area contributed by atoms with Crippen LogP contribution in [0.3, 0.4) is 0 Å². The number of nitrogens with one attached hydrogen (secondary N) is 1. The zero-order chi connectivity index (χ0) is 27.7. The number of methoxy groups -OCH3 is 1. The van der Waals surface area contributed by atoms with Crippen molar-refractivity contribution in [1.82, 2.24) is 5.43 Å². The second-order valence-corrected chi connectivity index (χ2v) is 10.5. The highest BCUT2D eigenvalue weighted by atomic mass is 35.5. The molecule has 0 aliphatic carbocycles. The van der Waals surface area contributed by atoms with Crippen LogP contribution in [-0.4, -0.2) is 34.2 Å². The van der Waals surface area contributed by atoms with Crippen LogP contribution < -0.4 is 19.2 Å². The summed E-state index contributed by atoms with van der Waals surface area (Å²) in [6, 6.07) is 29.0. The van der Waals surface area contributed by atoms with E-state index in [0.717, 1.165) is 9.87 Å². The maximum Gasteiger partial charge on any atom is 0.264 e. The highest BCUT2D eigenvalue weighted by Gasteiger charge is 2.29. The number of nitrogens with zero attached hydrogens (tertiary/aromatic N) is 2. The number of anilines is 1. The van der Waals surface area contributed by atoms with E-state index in [-0.39, 0.29) is 10.6 Å². The average molecular weight is 564 g/mol. The van der Waals surface area contributed by atoms with Crippen LogP contribution in [0.1, 0.15) is 11.1 Å². The van der Waals surface area contributed by atoms with Crippen molar-refractivity contribution in [2.45, 2.75) is 11.5 Å². The number of benzene rings is 4. The summed E-state index contributed by atoms with van der Waals surface area (Å²) >= 11 is 6.16. The Kier molecular flexibility index (Phi) is 9.19. The average Bonchev–Trinajstić information content (AvgIpc) is 2.96. The molecule has 200 valence electrons. The third-order valence-corrected chi connectivity index (χ3v) is 7.75. The van der Waals surface area contributed by atoms with Crippen LogP contribution in [0.4, 0.5) is 5.69 Å². The number of ether oxygens (including phenoxy) is 2. The number of halogens is 1.